The van der Waals surface area contributed by atoms with Gasteiger partial charge in [-0.05, 0) is 18.6 Å². The van der Waals surface area contributed by atoms with Gasteiger partial charge in [0.1, 0.15) is 0 Å². The quantitative estimate of drug-likeness (QED) is 0.347. The maximum Gasteiger partial charge on any atom is 0.340 e. The molecule has 7 nitrogen and oxygen atoms in total. The summed E-state index contributed by atoms with van der Waals surface area (Å²) in [6.07, 6.45) is 0. The van der Waals surface area contributed by atoms with Gasteiger partial charge in [0.25, 0.3) is 0 Å². The van der Waals surface area contributed by atoms with E-state index in [1.807, 2.05) is 31.2 Å². The minimum Gasteiger partial charge on any atom is -0.465 e. The van der Waals surface area contributed by atoms with E-state index in [4.69, 9.17) is 14.5 Å². The van der Waals surface area contributed by atoms with Crippen molar-refractivity contribution in [1.82, 2.24) is 15.2 Å². The summed E-state index contributed by atoms with van der Waals surface area (Å²) in [6.45, 7) is 3.20. The third-order valence-corrected chi connectivity index (χ3v) is 5.96. The molecule has 0 amide bonds. The number of rotatable bonds is 8. The first-order chi connectivity index (χ1) is 13.1. The maximum atomic E-state index is 12.3. The largest absolute Gasteiger partial charge is 0.465 e. The molecule has 1 aromatic carbocycles. The molecule has 0 fully saturated rings. The van der Waals surface area contributed by atoms with Crippen LogP contribution in [0.5, 0.6) is 0 Å². The van der Waals surface area contributed by atoms with Crippen molar-refractivity contribution in [1.29, 1.82) is 0 Å². The Morgan fingerprint density at radius 1 is 1.26 bits per heavy atom. The maximum absolute atomic E-state index is 12.3. The minimum atomic E-state index is -0.375. The fourth-order valence-corrected chi connectivity index (χ4v) is 4.37. The Morgan fingerprint density at radius 3 is 2.85 bits per heavy atom. The molecule has 0 radical (unpaired) electrons. The molecular weight excluding hydrogens is 384 g/mol. The Morgan fingerprint density at radius 2 is 2.07 bits per heavy atom. The van der Waals surface area contributed by atoms with E-state index in [0.29, 0.717) is 30.2 Å². The number of carbonyl (C=O) groups is 1. The average Bonchev–Trinajstić information content (AvgIpc) is 3.14. The molecule has 2 heterocycles. The summed E-state index contributed by atoms with van der Waals surface area (Å²) in [6, 6.07) is 7.78. The van der Waals surface area contributed by atoms with Crippen LogP contribution in [0.4, 0.5) is 5.13 Å². The van der Waals surface area contributed by atoms with Crippen LogP contribution >= 0.6 is 23.1 Å². The first kappa shape index (κ1) is 19.5. The van der Waals surface area contributed by atoms with Crippen molar-refractivity contribution in [2.75, 3.05) is 32.7 Å². The average molecular weight is 405 g/mol. The summed E-state index contributed by atoms with van der Waals surface area (Å²) in [7, 11) is 3.04. The Hall–Kier alpha value is -2.23. The van der Waals surface area contributed by atoms with Crippen LogP contribution in [0.1, 0.15) is 21.6 Å². The standard InChI is InChI=1S/C18H20N4O3S2/c1-11-12-6-4-5-7-13(12)20-14(15(11)16(23)25-3)10-26-18-22-21-17(27-18)19-8-9-24-2/h4-7H,8-10H2,1-3H3,(H,19,21). The van der Waals surface area contributed by atoms with Crippen molar-refractivity contribution in [3.05, 3.63) is 41.1 Å². The highest BCUT2D eigenvalue weighted by Gasteiger charge is 2.20. The number of benzene rings is 1. The molecule has 0 bridgehead atoms. The number of aromatic nitrogens is 3. The number of nitrogens with zero attached hydrogens (tertiary/aromatic N) is 3. The molecule has 0 unspecified atom stereocenters. The van der Waals surface area contributed by atoms with Gasteiger partial charge in [0, 0.05) is 24.8 Å². The van der Waals surface area contributed by atoms with Crippen molar-refractivity contribution >= 4 is 45.1 Å². The van der Waals surface area contributed by atoms with Gasteiger partial charge in [-0.15, -0.1) is 10.2 Å². The van der Waals surface area contributed by atoms with Crippen LogP contribution < -0.4 is 5.32 Å². The Kier molecular flexibility index (Phi) is 6.59. The molecule has 3 aromatic rings. The van der Waals surface area contributed by atoms with Crippen molar-refractivity contribution < 1.29 is 14.3 Å². The van der Waals surface area contributed by atoms with Gasteiger partial charge in [-0.25, -0.2) is 4.79 Å². The topological polar surface area (TPSA) is 86.2 Å². The van der Waals surface area contributed by atoms with Gasteiger partial charge in [0.2, 0.25) is 5.13 Å². The number of hydrogen-bond donors (Lipinski definition) is 1. The summed E-state index contributed by atoms with van der Waals surface area (Å²) in [5.74, 6) is 0.128. The van der Waals surface area contributed by atoms with Gasteiger partial charge in [0.05, 0.1) is 30.5 Å². The lowest BCUT2D eigenvalue weighted by molar-refractivity contribution is 0.0598. The van der Waals surface area contributed by atoms with Crippen LogP contribution in [0.3, 0.4) is 0 Å². The van der Waals surface area contributed by atoms with Crippen LogP contribution in [-0.4, -0.2) is 48.5 Å². The van der Waals surface area contributed by atoms with Crippen molar-refractivity contribution in [2.45, 2.75) is 17.0 Å². The highest BCUT2D eigenvalue weighted by atomic mass is 32.2. The number of esters is 1. The molecule has 0 aliphatic carbocycles. The molecule has 0 aliphatic rings. The molecule has 2 aromatic heterocycles. The van der Waals surface area contributed by atoms with E-state index in [0.717, 1.165) is 25.9 Å². The predicted molar refractivity (Wildman–Crippen MR) is 108 cm³/mol. The van der Waals surface area contributed by atoms with Crippen molar-refractivity contribution in [3.63, 3.8) is 0 Å². The first-order valence-electron chi connectivity index (χ1n) is 8.29. The van der Waals surface area contributed by atoms with E-state index in [1.165, 1.54) is 30.2 Å². The van der Waals surface area contributed by atoms with Crippen LogP contribution in [0.15, 0.2) is 28.6 Å². The van der Waals surface area contributed by atoms with Gasteiger partial charge in [-0.1, -0.05) is 41.3 Å². The number of para-hydroxylation sites is 1. The zero-order valence-corrected chi connectivity index (χ0v) is 16.9. The number of aryl methyl sites for hydroxylation is 1. The summed E-state index contributed by atoms with van der Waals surface area (Å²) >= 11 is 2.96. The van der Waals surface area contributed by atoms with E-state index in [9.17, 15) is 4.79 Å². The number of anilines is 1. The lowest BCUT2D eigenvalue weighted by Gasteiger charge is -2.12. The third-order valence-electron chi connectivity index (χ3n) is 3.94. The normalized spacial score (nSPS) is 10.9. The van der Waals surface area contributed by atoms with Crippen LogP contribution in [0.2, 0.25) is 0 Å². The Bertz CT molecular complexity index is 946. The Balaban J connectivity index is 1.82. The second-order valence-corrected chi connectivity index (χ2v) is 7.85. The monoisotopic (exact) mass is 404 g/mol. The lowest BCUT2D eigenvalue weighted by Crippen LogP contribution is -2.10. The number of nitrogens with one attached hydrogen (secondary N) is 1. The summed E-state index contributed by atoms with van der Waals surface area (Å²) < 4.78 is 10.8. The number of hydrogen-bond acceptors (Lipinski definition) is 9. The summed E-state index contributed by atoms with van der Waals surface area (Å²) in [5, 5.41) is 13.1. The number of carbonyl (C=O) groups excluding carboxylic acids is 1. The molecule has 0 spiro atoms. The zero-order valence-electron chi connectivity index (χ0n) is 15.3. The van der Waals surface area contributed by atoms with Gasteiger partial charge in [-0.3, -0.25) is 4.98 Å². The predicted octanol–water partition coefficient (Wildman–Crippen LogP) is 3.53. The zero-order chi connectivity index (χ0) is 19.2. The summed E-state index contributed by atoms with van der Waals surface area (Å²) in [5.41, 5.74) is 2.94. The van der Waals surface area contributed by atoms with E-state index in [2.05, 4.69) is 15.5 Å². The second-order valence-electron chi connectivity index (χ2n) is 5.65. The lowest BCUT2D eigenvalue weighted by atomic mass is 10.0. The molecular formula is C18H20N4O3S2. The van der Waals surface area contributed by atoms with Gasteiger partial charge in [-0.2, -0.15) is 0 Å². The number of methoxy groups -OCH3 is 2. The molecule has 27 heavy (non-hydrogen) atoms. The van der Waals surface area contributed by atoms with E-state index < -0.39 is 0 Å². The number of thioether (sulfide) groups is 1. The fourth-order valence-electron chi connectivity index (χ4n) is 2.65. The second kappa shape index (κ2) is 9.12. The molecule has 3 rings (SSSR count). The van der Waals surface area contributed by atoms with Crippen LogP contribution in [-0.2, 0) is 15.2 Å². The van der Waals surface area contributed by atoms with Gasteiger partial charge < -0.3 is 14.8 Å². The summed E-state index contributed by atoms with van der Waals surface area (Å²) in [4.78, 5) is 17.0. The number of ether oxygens (including phenoxy) is 2. The SMILES string of the molecule is COCCNc1nnc(SCc2nc3ccccc3c(C)c2C(=O)OC)s1. The molecule has 142 valence electrons. The molecule has 1 N–H and O–H groups in total. The van der Waals surface area contributed by atoms with Crippen molar-refractivity contribution in [2.24, 2.45) is 0 Å². The van der Waals surface area contributed by atoms with Crippen molar-refractivity contribution in [3.8, 4) is 0 Å². The smallest absolute Gasteiger partial charge is 0.340 e. The number of pyridine rings is 1. The fraction of sp³-hybridized carbons (Fsp3) is 0.333. The molecule has 0 atom stereocenters. The van der Waals surface area contributed by atoms with Crippen LogP contribution in [0, 0.1) is 6.92 Å². The van der Waals surface area contributed by atoms with Gasteiger partial charge >= 0.3 is 5.97 Å². The van der Waals surface area contributed by atoms with E-state index in [-0.39, 0.29) is 5.97 Å². The molecule has 0 aliphatic heterocycles. The Labute approximate surface area is 165 Å². The van der Waals surface area contributed by atoms with E-state index in [1.54, 1.807) is 7.11 Å². The molecule has 0 saturated carbocycles. The highest BCUT2D eigenvalue weighted by molar-refractivity contribution is 8.00. The minimum absolute atomic E-state index is 0.375. The molecule has 9 heteroatoms. The van der Waals surface area contributed by atoms with Crippen LogP contribution in [0.25, 0.3) is 10.9 Å². The highest BCUT2D eigenvalue weighted by Crippen LogP contribution is 2.31. The number of fused-ring (bicyclic) bond motifs is 1. The van der Waals surface area contributed by atoms with Gasteiger partial charge in [0.15, 0.2) is 4.34 Å². The van der Waals surface area contributed by atoms with E-state index >= 15 is 0 Å². The third kappa shape index (κ3) is 4.55. The first-order valence-corrected chi connectivity index (χ1v) is 10.1. The molecule has 0 saturated heterocycles.